The van der Waals surface area contributed by atoms with Crippen molar-refractivity contribution in [3.63, 3.8) is 0 Å². The van der Waals surface area contributed by atoms with E-state index in [9.17, 15) is 0 Å². The average Bonchev–Trinajstić information content (AvgIpc) is 1.91. The molecule has 0 atom stereocenters. The number of hydrogen-bond acceptors (Lipinski definition) is 2. The van der Waals surface area contributed by atoms with E-state index >= 15 is 0 Å². The van der Waals surface area contributed by atoms with Crippen molar-refractivity contribution >= 4 is 38.2 Å². The first-order valence-electron chi connectivity index (χ1n) is 7.53. The first-order chi connectivity index (χ1) is 7.97. The number of nitrogens with zero attached hydrogens (tertiary/aromatic N) is 2. The van der Waals surface area contributed by atoms with Crippen molar-refractivity contribution in [1.82, 2.24) is 5.57 Å². The molecule has 0 heterocycles. The third kappa shape index (κ3) is 6.63. The van der Waals surface area contributed by atoms with E-state index in [1.165, 1.54) is 0 Å². The molecule has 0 radical (unpaired) electrons. The van der Waals surface area contributed by atoms with Gasteiger partial charge in [0.15, 0.2) is 0 Å². The van der Waals surface area contributed by atoms with Crippen LogP contribution in [0.15, 0.2) is 0 Å². The molecule has 0 fully saturated rings. The monoisotopic (exact) mass is 410 g/mol. The summed E-state index contributed by atoms with van der Waals surface area (Å²) in [5.74, 6) is 0. The van der Waals surface area contributed by atoms with Crippen molar-refractivity contribution in [3.05, 3.63) is 0 Å². The van der Waals surface area contributed by atoms with Crippen molar-refractivity contribution in [3.8, 4) is 0 Å². The molecule has 0 spiro atoms. The standard InChI is InChI=1S/2C7H18NSi.Sn.2H/c2*1-7(2,3)8-9(4,5)6;;;/h2*1-6H3;;;/q2*-1;+2;;. The van der Waals surface area contributed by atoms with Crippen molar-refractivity contribution < 1.29 is 0 Å². The van der Waals surface area contributed by atoms with Crippen LogP contribution < -0.4 is 0 Å². The van der Waals surface area contributed by atoms with Crippen LogP contribution in [0.4, 0.5) is 0 Å². The van der Waals surface area contributed by atoms with Crippen LogP contribution in [0.2, 0.25) is 39.3 Å². The Bertz CT molecular complexity index is 235. The van der Waals surface area contributed by atoms with Gasteiger partial charge >= 0.3 is 136 Å². The summed E-state index contributed by atoms with van der Waals surface area (Å²) in [6.07, 6.45) is 0. The van der Waals surface area contributed by atoms with E-state index in [4.69, 9.17) is 0 Å². The molecular formula is C14H38N2Si2Sn. The van der Waals surface area contributed by atoms with Crippen LogP contribution in [-0.4, -0.2) is 54.8 Å². The Morgan fingerprint density at radius 1 is 0.579 bits per heavy atom. The van der Waals surface area contributed by atoms with Crippen molar-refractivity contribution in [2.24, 2.45) is 0 Å². The van der Waals surface area contributed by atoms with Gasteiger partial charge in [0.1, 0.15) is 0 Å². The Morgan fingerprint density at radius 2 is 0.789 bits per heavy atom. The Kier molecular flexibility index (Phi) is 6.48. The van der Waals surface area contributed by atoms with Crippen LogP contribution in [0.1, 0.15) is 41.5 Å². The molecule has 0 aliphatic carbocycles. The molecule has 0 aromatic heterocycles. The zero-order valence-electron chi connectivity index (χ0n) is 15.6. The molecule has 5 heteroatoms. The second-order valence-corrected chi connectivity index (χ2v) is 27.5. The molecule has 0 saturated carbocycles. The van der Waals surface area contributed by atoms with E-state index in [1.807, 2.05) is 0 Å². The zero-order chi connectivity index (χ0) is 15.9. The van der Waals surface area contributed by atoms with Crippen molar-refractivity contribution in [1.29, 1.82) is 0 Å². The normalized spacial score (nSPS) is 15.5. The van der Waals surface area contributed by atoms with Crippen LogP contribution in [0, 0.1) is 0 Å². The molecule has 116 valence electrons. The first kappa shape index (κ1) is 20.2. The molecule has 19 heavy (non-hydrogen) atoms. The molecule has 0 amide bonds. The molecule has 0 aromatic carbocycles. The summed E-state index contributed by atoms with van der Waals surface area (Å²) in [6.45, 7) is 29.5. The average molecular weight is 409 g/mol. The van der Waals surface area contributed by atoms with Crippen LogP contribution in [-0.2, 0) is 0 Å². The van der Waals surface area contributed by atoms with Gasteiger partial charge in [-0.25, -0.2) is 0 Å². The van der Waals surface area contributed by atoms with E-state index in [1.54, 1.807) is 0 Å². The van der Waals surface area contributed by atoms with E-state index < -0.39 is 38.2 Å². The fourth-order valence-electron chi connectivity index (χ4n) is 3.00. The fraction of sp³-hybridized carbons (Fsp3) is 1.00. The Hall–Kier alpha value is 1.15. The summed E-state index contributed by atoms with van der Waals surface area (Å²) >= 11 is -1.15. The van der Waals surface area contributed by atoms with E-state index in [2.05, 4.69) is 86.4 Å². The maximum atomic E-state index is 2.98. The summed E-state index contributed by atoms with van der Waals surface area (Å²) < 4.78 is 5.95. The van der Waals surface area contributed by atoms with Gasteiger partial charge in [0, 0.05) is 0 Å². The molecular weight excluding hydrogens is 371 g/mol. The maximum absolute atomic E-state index is 2.98. The summed E-state index contributed by atoms with van der Waals surface area (Å²) in [4.78, 5) is 0. The predicted octanol–water partition coefficient (Wildman–Crippen LogP) is 3.86. The number of hydrogen-bond donors (Lipinski definition) is 0. The third-order valence-corrected chi connectivity index (χ3v) is 33.3. The van der Waals surface area contributed by atoms with Crippen LogP contribution in [0.3, 0.4) is 0 Å². The van der Waals surface area contributed by atoms with Crippen LogP contribution in [0.25, 0.3) is 0 Å². The minimum atomic E-state index is -1.24. The predicted molar refractivity (Wildman–Crippen MR) is 98.4 cm³/mol. The second kappa shape index (κ2) is 6.10. The van der Waals surface area contributed by atoms with Gasteiger partial charge in [0.2, 0.25) is 0 Å². The van der Waals surface area contributed by atoms with Gasteiger partial charge < -0.3 is 0 Å². The van der Waals surface area contributed by atoms with E-state index in [0.717, 1.165) is 0 Å². The third-order valence-electron chi connectivity index (χ3n) is 3.52. The molecule has 0 N–H and O–H groups in total. The Morgan fingerprint density at radius 3 is 0.895 bits per heavy atom. The first-order valence-corrected chi connectivity index (χ1v) is 18.0. The Balaban J connectivity index is 5.43. The van der Waals surface area contributed by atoms with E-state index in [-0.39, 0.29) is 0 Å². The van der Waals surface area contributed by atoms with Gasteiger partial charge in [0.25, 0.3) is 0 Å². The summed E-state index contributed by atoms with van der Waals surface area (Å²) in [7, 11) is -2.47. The van der Waals surface area contributed by atoms with Crippen molar-refractivity contribution in [2.75, 3.05) is 0 Å². The summed E-state index contributed by atoms with van der Waals surface area (Å²) in [6, 6.07) is 0. The molecule has 0 unspecified atom stereocenters. The van der Waals surface area contributed by atoms with Crippen molar-refractivity contribution in [2.45, 2.75) is 91.9 Å². The molecule has 0 bridgehead atoms. The Labute approximate surface area is 135 Å². The summed E-state index contributed by atoms with van der Waals surface area (Å²) in [5, 5.41) is 0. The topological polar surface area (TPSA) is 6.48 Å². The van der Waals surface area contributed by atoms with Gasteiger partial charge in [-0.3, -0.25) is 0 Å². The minimum absolute atomic E-state index is 0.337. The van der Waals surface area contributed by atoms with Gasteiger partial charge in [-0.2, -0.15) is 0 Å². The zero-order valence-corrected chi connectivity index (χ0v) is 21.6. The molecule has 0 aliphatic heterocycles. The summed E-state index contributed by atoms with van der Waals surface area (Å²) in [5.41, 5.74) is 0.674. The van der Waals surface area contributed by atoms with Gasteiger partial charge in [-0.15, -0.1) is 0 Å². The molecule has 0 aliphatic rings. The van der Waals surface area contributed by atoms with Gasteiger partial charge in [-0.1, -0.05) is 0 Å². The SMILES string of the molecule is CC(C)(C)[N]([SnH2][N](C(C)(C)C)[Si](C)(C)C)[Si](C)(C)C. The quantitative estimate of drug-likeness (QED) is 0.651. The van der Waals surface area contributed by atoms with Gasteiger partial charge in [-0.05, 0) is 0 Å². The van der Waals surface area contributed by atoms with Crippen LogP contribution in [0.5, 0.6) is 0 Å². The second-order valence-electron chi connectivity index (χ2n) is 9.68. The molecule has 0 rings (SSSR count). The molecule has 0 aromatic rings. The molecule has 2 nitrogen and oxygen atoms in total. The molecule has 0 saturated heterocycles. The van der Waals surface area contributed by atoms with Crippen LogP contribution >= 0.6 is 0 Å². The fourth-order valence-corrected chi connectivity index (χ4v) is 21.2. The van der Waals surface area contributed by atoms with Gasteiger partial charge in [0.05, 0.1) is 0 Å². The number of rotatable bonds is 4. The van der Waals surface area contributed by atoms with E-state index in [0.29, 0.717) is 11.1 Å².